The molecule has 0 atom stereocenters. The van der Waals surface area contributed by atoms with E-state index in [1.54, 1.807) is 36.4 Å². The van der Waals surface area contributed by atoms with Crippen LogP contribution in [0.25, 0.3) is 90.9 Å². The van der Waals surface area contributed by atoms with Gasteiger partial charge in [-0.15, -0.1) is 0 Å². The average Bonchev–Trinajstić information content (AvgIpc) is 3.99. The first-order valence-electron chi connectivity index (χ1n) is 16.7. The molecule has 5 N–H and O–H groups in total. The Morgan fingerprint density at radius 3 is 0.865 bits per heavy atom. The molecule has 0 saturated carbocycles. The number of nitrogens with one attached hydrogen (secondary N) is 2. The predicted octanol–water partition coefficient (Wildman–Crippen LogP) is 11.1. The van der Waals surface area contributed by atoms with E-state index in [0.29, 0.717) is 5.02 Å². The number of benzene rings is 4. The molecule has 4 aromatic carbocycles. The van der Waals surface area contributed by atoms with Crippen LogP contribution < -0.4 is 0 Å². The first kappa shape index (κ1) is 31.2. The van der Waals surface area contributed by atoms with Crippen LogP contribution in [-0.2, 0) is 0 Å². The van der Waals surface area contributed by atoms with Crippen molar-refractivity contribution in [1.29, 1.82) is 0 Å². The monoisotopic (exact) mass is 696 g/mol. The Kier molecular flexibility index (Phi) is 7.49. The van der Waals surface area contributed by atoms with E-state index in [-0.39, 0.29) is 17.2 Å². The van der Waals surface area contributed by atoms with E-state index in [9.17, 15) is 15.3 Å². The summed E-state index contributed by atoms with van der Waals surface area (Å²) >= 11 is 6.35. The minimum absolute atomic E-state index is 0.169. The van der Waals surface area contributed by atoms with Crippen molar-refractivity contribution >= 4 is 58.0 Å². The molecule has 0 aliphatic carbocycles. The molecule has 0 saturated heterocycles. The number of halogens is 1. The summed E-state index contributed by atoms with van der Waals surface area (Å²) in [6.07, 6.45) is 8.04. The molecule has 0 radical (unpaired) electrons. The van der Waals surface area contributed by atoms with Gasteiger partial charge in [0.2, 0.25) is 0 Å². The summed E-state index contributed by atoms with van der Waals surface area (Å²) in [5.41, 5.74) is 13.3. The zero-order chi connectivity index (χ0) is 35.3. The highest BCUT2D eigenvalue weighted by Crippen LogP contribution is 2.39. The number of rotatable bonds is 4. The molecule has 0 unspecified atom stereocenters. The first-order valence-corrected chi connectivity index (χ1v) is 17.1. The number of hydrogen-bond acceptors (Lipinski definition) is 5. The summed E-state index contributed by atoms with van der Waals surface area (Å²) < 4.78 is 0. The third-order valence-corrected chi connectivity index (χ3v) is 9.61. The molecule has 0 fully saturated rings. The number of nitrogens with zero attached hydrogens (tertiary/aromatic N) is 2. The lowest BCUT2D eigenvalue weighted by Crippen LogP contribution is -1.89. The standard InChI is InChI=1S/C44H29ClN4O3/c45-29-9-1-25(2-10-29)41-33-17-19-35(46-33)42(26-3-11-30(50)12-4-26)37-21-23-39(48-37)44(28-7-15-32(52)16-8-28)40-24-22-38(49-40)43(36-20-18-34(41)47-36)27-5-13-31(51)14-6-27/h1-24,46,49-52H. The summed E-state index contributed by atoms with van der Waals surface area (Å²) in [5, 5.41) is 31.2. The quantitative estimate of drug-likeness (QED) is 0.125. The van der Waals surface area contributed by atoms with Gasteiger partial charge in [-0.2, -0.15) is 0 Å². The van der Waals surface area contributed by atoms with E-state index in [4.69, 9.17) is 21.6 Å². The highest BCUT2D eigenvalue weighted by molar-refractivity contribution is 6.30. The number of aromatic nitrogens is 4. The lowest BCUT2D eigenvalue weighted by atomic mass is 10.0. The van der Waals surface area contributed by atoms with Gasteiger partial charge in [0.25, 0.3) is 0 Å². The number of aromatic hydroxyl groups is 3. The molecular formula is C44H29ClN4O3. The van der Waals surface area contributed by atoms with Crippen LogP contribution in [0.15, 0.2) is 121 Å². The second-order valence-electron chi connectivity index (χ2n) is 12.7. The number of phenols is 3. The highest BCUT2D eigenvalue weighted by Gasteiger charge is 2.19. The van der Waals surface area contributed by atoms with Gasteiger partial charge in [0.1, 0.15) is 17.2 Å². The molecule has 3 aromatic heterocycles. The fraction of sp³-hybridized carbons (Fsp3) is 0. The average molecular weight is 697 g/mol. The molecule has 2 aliphatic heterocycles. The molecule has 5 heterocycles. The Bertz CT molecular complexity index is 2370. The second-order valence-corrected chi connectivity index (χ2v) is 13.1. The zero-order valence-electron chi connectivity index (χ0n) is 27.5. The van der Waals surface area contributed by atoms with E-state index in [0.717, 1.165) is 89.4 Å². The second kappa shape index (κ2) is 12.5. The lowest BCUT2D eigenvalue weighted by Gasteiger charge is -2.07. The van der Waals surface area contributed by atoms with Crippen molar-refractivity contribution < 1.29 is 15.3 Å². The Labute approximate surface area is 303 Å². The number of phenolic OH excluding ortho intramolecular Hbond substituents is 3. The largest absolute Gasteiger partial charge is 0.508 e. The van der Waals surface area contributed by atoms with Crippen LogP contribution in [0.5, 0.6) is 17.2 Å². The van der Waals surface area contributed by atoms with Crippen molar-refractivity contribution in [2.45, 2.75) is 0 Å². The summed E-state index contributed by atoms with van der Waals surface area (Å²) in [5.74, 6) is 0.514. The Morgan fingerprint density at radius 1 is 0.346 bits per heavy atom. The molecule has 52 heavy (non-hydrogen) atoms. The third-order valence-electron chi connectivity index (χ3n) is 9.35. The molecule has 8 heteroatoms. The van der Waals surface area contributed by atoms with Crippen molar-refractivity contribution in [2.75, 3.05) is 0 Å². The van der Waals surface area contributed by atoms with E-state index in [2.05, 4.69) is 9.97 Å². The van der Waals surface area contributed by atoms with Crippen LogP contribution in [0.3, 0.4) is 0 Å². The number of fused-ring (bicyclic) bond motifs is 8. The van der Waals surface area contributed by atoms with Gasteiger partial charge in [-0.1, -0.05) is 60.1 Å². The maximum Gasteiger partial charge on any atom is 0.115 e. The van der Waals surface area contributed by atoms with E-state index < -0.39 is 0 Å². The molecule has 0 spiro atoms. The number of H-pyrrole nitrogens is 2. The summed E-state index contributed by atoms with van der Waals surface area (Å²) in [6, 6.07) is 37.2. The van der Waals surface area contributed by atoms with Crippen molar-refractivity contribution in [3.05, 3.63) is 149 Å². The van der Waals surface area contributed by atoms with Crippen LogP contribution in [0.2, 0.25) is 5.02 Å². The van der Waals surface area contributed by atoms with Gasteiger partial charge in [-0.05, 0) is 119 Å². The van der Waals surface area contributed by atoms with E-state index >= 15 is 0 Å². The molecule has 2 aliphatic rings. The van der Waals surface area contributed by atoms with Crippen LogP contribution in [0.4, 0.5) is 0 Å². The smallest absolute Gasteiger partial charge is 0.115 e. The first-order chi connectivity index (χ1) is 25.4. The lowest BCUT2D eigenvalue weighted by molar-refractivity contribution is 0.475. The maximum atomic E-state index is 10.2. The fourth-order valence-electron chi connectivity index (χ4n) is 6.92. The molecule has 0 amide bonds. The molecule has 7 aromatic rings. The topological polar surface area (TPSA) is 118 Å². The van der Waals surface area contributed by atoms with Gasteiger partial charge in [-0.3, -0.25) is 0 Å². The van der Waals surface area contributed by atoms with Crippen LogP contribution in [-0.4, -0.2) is 35.3 Å². The zero-order valence-corrected chi connectivity index (χ0v) is 28.2. The van der Waals surface area contributed by atoms with Crippen molar-refractivity contribution in [1.82, 2.24) is 19.9 Å². The van der Waals surface area contributed by atoms with Gasteiger partial charge in [-0.25, -0.2) is 9.97 Å². The Balaban J connectivity index is 1.47. The number of hydrogen-bond donors (Lipinski definition) is 5. The van der Waals surface area contributed by atoms with Crippen LogP contribution in [0.1, 0.15) is 22.8 Å². The van der Waals surface area contributed by atoms with Gasteiger partial charge in [0, 0.05) is 49.3 Å². The van der Waals surface area contributed by atoms with Crippen LogP contribution in [0, 0.1) is 0 Å². The summed E-state index contributed by atoms with van der Waals surface area (Å²) in [6.45, 7) is 0. The van der Waals surface area contributed by atoms with Gasteiger partial charge >= 0.3 is 0 Å². The van der Waals surface area contributed by atoms with Gasteiger partial charge < -0.3 is 25.3 Å². The third kappa shape index (κ3) is 5.59. The molecule has 8 bridgehead atoms. The van der Waals surface area contributed by atoms with Crippen LogP contribution >= 0.6 is 11.6 Å². The normalized spacial score (nSPS) is 12.0. The number of aromatic amines is 2. The van der Waals surface area contributed by atoms with Crippen molar-refractivity contribution in [2.24, 2.45) is 0 Å². The molecule has 250 valence electrons. The molecule has 7 nitrogen and oxygen atoms in total. The van der Waals surface area contributed by atoms with Crippen molar-refractivity contribution in [3.8, 4) is 61.8 Å². The fourth-order valence-corrected chi connectivity index (χ4v) is 7.05. The summed E-state index contributed by atoms with van der Waals surface area (Å²) in [7, 11) is 0. The SMILES string of the molecule is Oc1ccc(-c2c3nc(c(-c4ccc(O)cc4)c4ccc([nH]4)c(-c4ccc(Cl)cc4)c4nc(c(-c5ccc(O)cc5)c5ccc2[nH]5)C=C4)C=C3)cc1. The minimum atomic E-state index is 0.169. The molecular weight excluding hydrogens is 668 g/mol. The Morgan fingerprint density at radius 2 is 0.596 bits per heavy atom. The Hall–Kier alpha value is -6.83. The van der Waals surface area contributed by atoms with Gasteiger partial charge in [0.15, 0.2) is 0 Å². The van der Waals surface area contributed by atoms with Gasteiger partial charge in [0.05, 0.1) is 22.8 Å². The minimum Gasteiger partial charge on any atom is -0.508 e. The van der Waals surface area contributed by atoms with E-state index in [1.165, 1.54) is 0 Å². The molecule has 9 rings (SSSR count). The predicted molar refractivity (Wildman–Crippen MR) is 211 cm³/mol. The van der Waals surface area contributed by atoms with E-state index in [1.807, 2.05) is 109 Å². The van der Waals surface area contributed by atoms with Crippen molar-refractivity contribution in [3.63, 3.8) is 0 Å². The highest BCUT2D eigenvalue weighted by atomic mass is 35.5. The maximum absolute atomic E-state index is 10.2. The summed E-state index contributed by atoms with van der Waals surface area (Å²) in [4.78, 5) is 17.9.